The Morgan fingerprint density at radius 1 is 1.00 bits per heavy atom. The van der Waals surface area contributed by atoms with Crippen LogP contribution in [0.1, 0.15) is 52.5 Å². The minimum absolute atomic E-state index is 0.0324. The van der Waals surface area contributed by atoms with Crippen LogP contribution in [0, 0.1) is 5.92 Å². The molecule has 0 saturated heterocycles. The van der Waals surface area contributed by atoms with E-state index in [1.54, 1.807) is 42.5 Å². The van der Waals surface area contributed by atoms with Crippen LogP contribution < -0.4 is 9.47 Å². The lowest BCUT2D eigenvalue weighted by Crippen LogP contribution is -2.32. The second kappa shape index (κ2) is 7.78. The van der Waals surface area contributed by atoms with Crippen molar-refractivity contribution in [3.8, 4) is 11.5 Å². The van der Waals surface area contributed by atoms with Crippen molar-refractivity contribution in [2.75, 3.05) is 13.7 Å². The van der Waals surface area contributed by atoms with Crippen molar-refractivity contribution >= 4 is 17.5 Å². The predicted octanol–water partition coefficient (Wildman–Crippen LogP) is 4.09. The molecule has 6 heteroatoms. The van der Waals surface area contributed by atoms with Crippen LogP contribution in [0.4, 0.5) is 0 Å². The van der Waals surface area contributed by atoms with Crippen molar-refractivity contribution in [2.24, 2.45) is 5.92 Å². The minimum Gasteiger partial charge on any atom is -0.493 e. The van der Waals surface area contributed by atoms with Gasteiger partial charge in [0.05, 0.1) is 25.7 Å². The van der Waals surface area contributed by atoms with E-state index in [0.29, 0.717) is 35.2 Å². The Morgan fingerprint density at radius 2 is 1.70 bits per heavy atom. The van der Waals surface area contributed by atoms with Crippen LogP contribution in [0.15, 0.2) is 53.8 Å². The molecule has 0 aromatic heterocycles. The van der Waals surface area contributed by atoms with E-state index in [0.717, 1.165) is 0 Å². The first kappa shape index (κ1) is 19.9. The van der Waals surface area contributed by atoms with Crippen LogP contribution in [-0.2, 0) is 9.53 Å². The minimum atomic E-state index is -0.598. The molecule has 2 aromatic rings. The summed E-state index contributed by atoms with van der Waals surface area (Å²) in [6.45, 7) is 4.63. The van der Waals surface area contributed by atoms with Gasteiger partial charge in [-0.2, -0.15) is 0 Å². The Bertz CT molecular complexity index is 1080. The zero-order chi connectivity index (χ0) is 21.4. The van der Waals surface area contributed by atoms with Gasteiger partial charge in [0.2, 0.25) is 5.78 Å². The van der Waals surface area contributed by atoms with Gasteiger partial charge in [-0.1, -0.05) is 44.2 Å². The average molecular weight is 406 g/mol. The first-order chi connectivity index (χ1) is 14.4. The van der Waals surface area contributed by atoms with Crippen molar-refractivity contribution < 1.29 is 28.6 Å². The van der Waals surface area contributed by atoms with E-state index in [9.17, 15) is 14.4 Å². The number of ether oxygens (including phenoxy) is 3. The van der Waals surface area contributed by atoms with Gasteiger partial charge in [0.25, 0.3) is 0 Å². The third kappa shape index (κ3) is 3.38. The number of carbonyl (C=O) groups is 3. The molecule has 0 N–H and O–H groups in total. The number of carbonyl (C=O) groups excluding carboxylic acids is 3. The van der Waals surface area contributed by atoms with Gasteiger partial charge < -0.3 is 14.2 Å². The number of ketones is 2. The highest BCUT2D eigenvalue weighted by molar-refractivity contribution is 6.27. The zero-order valence-corrected chi connectivity index (χ0v) is 17.1. The number of rotatable bonds is 5. The van der Waals surface area contributed by atoms with Crippen LogP contribution >= 0.6 is 0 Å². The van der Waals surface area contributed by atoms with Gasteiger partial charge in [-0.05, 0) is 23.6 Å². The van der Waals surface area contributed by atoms with Crippen LogP contribution in [0.5, 0.6) is 11.5 Å². The first-order valence-electron chi connectivity index (χ1n) is 9.84. The fourth-order valence-electron chi connectivity index (χ4n) is 3.78. The number of methoxy groups -OCH3 is 1. The molecular formula is C24H22O6. The number of hydrogen-bond donors (Lipinski definition) is 0. The summed E-state index contributed by atoms with van der Waals surface area (Å²) in [5.41, 5.74) is 1.49. The van der Waals surface area contributed by atoms with Crippen LogP contribution in [-0.4, -0.2) is 31.3 Å². The maximum atomic E-state index is 13.2. The predicted molar refractivity (Wildman–Crippen MR) is 109 cm³/mol. The first-order valence-corrected chi connectivity index (χ1v) is 9.84. The summed E-state index contributed by atoms with van der Waals surface area (Å²) in [4.78, 5) is 38.4. The average Bonchev–Trinajstić information content (AvgIpc) is 2.75. The number of benzene rings is 2. The molecule has 0 spiro atoms. The molecule has 0 unspecified atom stereocenters. The summed E-state index contributed by atoms with van der Waals surface area (Å²) in [6.07, 6.45) is -0.0324. The smallest absolute Gasteiger partial charge is 0.312 e. The fourth-order valence-corrected chi connectivity index (χ4v) is 3.78. The molecule has 2 aromatic carbocycles. The summed E-state index contributed by atoms with van der Waals surface area (Å²) < 4.78 is 16.5. The molecule has 0 radical (unpaired) electrons. The molecule has 1 aliphatic carbocycles. The van der Waals surface area contributed by atoms with E-state index < -0.39 is 17.7 Å². The highest BCUT2D eigenvalue weighted by atomic mass is 16.5. The Balaban J connectivity index is 1.77. The molecule has 154 valence electrons. The zero-order valence-electron chi connectivity index (χ0n) is 17.1. The molecule has 4 rings (SSSR count). The topological polar surface area (TPSA) is 78.9 Å². The van der Waals surface area contributed by atoms with Crippen molar-refractivity contribution in [2.45, 2.75) is 26.2 Å². The number of hydrogen-bond acceptors (Lipinski definition) is 6. The molecule has 0 saturated carbocycles. The number of allylic oxidation sites excluding steroid dienone is 2. The van der Waals surface area contributed by atoms with Crippen molar-refractivity contribution in [3.63, 3.8) is 0 Å². The summed E-state index contributed by atoms with van der Waals surface area (Å²) >= 11 is 0. The van der Waals surface area contributed by atoms with Crippen molar-refractivity contribution in [1.29, 1.82) is 0 Å². The molecule has 0 fully saturated rings. The third-order valence-corrected chi connectivity index (χ3v) is 5.21. The maximum absolute atomic E-state index is 13.2. The van der Waals surface area contributed by atoms with E-state index in [4.69, 9.17) is 14.2 Å². The SMILES string of the molecule is COc1cc([C@H]2CC(=O)OC3=C2C(=O)c2ccccc2C3=O)ccc1OCC(C)C. The molecule has 1 heterocycles. The van der Waals surface area contributed by atoms with Gasteiger partial charge >= 0.3 is 5.97 Å². The van der Waals surface area contributed by atoms with E-state index in [-0.39, 0.29) is 29.1 Å². The van der Waals surface area contributed by atoms with E-state index in [1.165, 1.54) is 7.11 Å². The van der Waals surface area contributed by atoms with Gasteiger partial charge in [-0.25, -0.2) is 0 Å². The van der Waals surface area contributed by atoms with Gasteiger partial charge in [0, 0.05) is 17.0 Å². The lowest BCUT2D eigenvalue weighted by Gasteiger charge is -2.30. The Hall–Kier alpha value is -3.41. The highest BCUT2D eigenvalue weighted by Crippen LogP contribution is 2.43. The lowest BCUT2D eigenvalue weighted by molar-refractivity contribution is -0.140. The molecule has 1 aliphatic heterocycles. The molecule has 6 nitrogen and oxygen atoms in total. The molecule has 1 atom stereocenters. The van der Waals surface area contributed by atoms with Gasteiger partial charge in [-0.3, -0.25) is 14.4 Å². The third-order valence-electron chi connectivity index (χ3n) is 5.21. The van der Waals surface area contributed by atoms with Crippen LogP contribution in [0.2, 0.25) is 0 Å². The van der Waals surface area contributed by atoms with Gasteiger partial charge in [0.15, 0.2) is 23.0 Å². The van der Waals surface area contributed by atoms with E-state index in [2.05, 4.69) is 0 Å². The number of Topliss-reactive ketones (excluding diaryl/α,β-unsaturated/α-hetero) is 2. The highest BCUT2D eigenvalue weighted by Gasteiger charge is 2.43. The Morgan fingerprint density at radius 3 is 2.37 bits per heavy atom. The quantitative estimate of drug-likeness (QED) is 0.696. The summed E-state index contributed by atoms with van der Waals surface area (Å²) in [5, 5.41) is 0. The molecule has 2 aliphatic rings. The Kier molecular flexibility index (Phi) is 5.16. The normalized spacial score (nSPS) is 18.1. The maximum Gasteiger partial charge on any atom is 0.312 e. The molecular weight excluding hydrogens is 384 g/mol. The fraction of sp³-hybridized carbons (Fsp3) is 0.292. The van der Waals surface area contributed by atoms with Crippen molar-refractivity contribution in [1.82, 2.24) is 0 Å². The summed E-state index contributed by atoms with van der Waals surface area (Å²) in [7, 11) is 1.53. The van der Waals surface area contributed by atoms with Gasteiger partial charge in [-0.15, -0.1) is 0 Å². The van der Waals surface area contributed by atoms with E-state index >= 15 is 0 Å². The number of fused-ring (bicyclic) bond motifs is 1. The van der Waals surface area contributed by atoms with E-state index in [1.807, 2.05) is 13.8 Å². The lowest BCUT2D eigenvalue weighted by atomic mass is 9.77. The van der Waals surface area contributed by atoms with Crippen LogP contribution in [0.25, 0.3) is 0 Å². The molecule has 0 bridgehead atoms. The molecule has 30 heavy (non-hydrogen) atoms. The van der Waals surface area contributed by atoms with Crippen LogP contribution in [0.3, 0.4) is 0 Å². The monoisotopic (exact) mass is 406 g/mol. The second-order valence-corrected chi connectivity index (χ2v) is 7.79. The Labute approximate surface area is 174 Å². The standard InChI is InChI=1S/C24H22O6/c1-13(2)12-29-18-9-8-14(10-19(18)28-3)17-11-20(25)30-24-21(17)22(26)15-6-4-5-7-16(15)23(24)27/h4-10,13,17H,11-12H2,1-3H3/t17-/m1/s1. The number of esters is 1. The van der Waals surface area contributed by atoms with Crippen molar-refractivity contribution in [3.05, 3.63) is 70.5 Å². The van der Waals surface area contributed by atoms with Gasteiger partial charge in [0.1, 0.15) is 0 Å². The molecule has 0 amide bonds. The summed E-state index contributed by atoms with van der Waals surface area (Å²) in [5.74, 6) is -0.611. The second-order valence-electron chi connectivity index (χ2n) is 7.79. The largest absolute Gasteiger partial charge is 0.493 e. The summed E-state index contributed by atoms with van der Waals surface area (Å²) in [6, 6.07) is 11.9.